The molecule has 0 amide bonds. The topological polar surface area (TPSA) is 38.5 Å². The molecule has 1 aliphatic heterocycles. The highest BCUT2D eigenvalue weighted by Crippen LogP contribution is 2.21. The summed E-state index contributed by atoms with van der Waals surface area (Å²) in [6.07, 6.45) is 3.57. The molecule has 3 rings (SSSR count). The number of hydrogen-bond donors (Lipinski definition) is 1. The van der Waals surface area contributed by atoms with Crippen LogP contribution >= 0.6 is 0 Å². The normalized spacial score (nSPS) is 19.2. The van der Waals surface area contributed by atoms with E-state index in [2.05, 4.69) is 10.5 Å². The van der Waals surface area contributed by atoms with Crippen LogP contribution in [0.25, 0.3) is 0 Å². The maximum absolute atomic E-state index is 5.40. The first-order chi connectivity index (χ1) is 7.93. The van der Waals surface area contributed by atoms with Crippen LogP contribution in [-0.4, -0.2) is 10.5 Å². The van der Waals surface area contributed by atoms with Gasteiger partial charge in [0.15, 0.2) is 0 Å². The predicted molar refractivity (Wildman–Crippen MR) is 60.7 cm³/mol. The second-order valence-electron chi connectivity index (χ2n) is 3.53. The molecule has 0 fully saturated rings. The average Bonchev–Trinajstić information content (AvgIpc) is 3.01. The van der Waals surface area contributed by atoms with E-state index in [9.17, 15) is 0 Å². The van der Waals surface area contributed by atoms with Crippen LogP contribution in [0.15, 0.2) is 59.9 Å². The van der Waals surface area contributed by atoms with Gasteiger partial charge in [-0.2, -0.15) is 0 Å². The van der Waals surface area contributed by atoms with Gasteiger partial charge < -0.3 is 0 Å². The van der Waals surface area contributed by atoms with Gasteiger partial charge in [0.25, 0.3) is 0 Å². The van der Waals surface area contributed by atoms with E-state index in [1.165, 1.54) is 0 Å². The standard InChI is InChI=1S/C12H11N3O/c1-2-6-10(7-3-1)11-13-12(14-16-11)15-8-4-5-9-15/h1-9,11H,(H,13,14). The van der Waals surface area contributed by atoms with Gasteiger partial charge in [-0.05, 0) is 12.1 Å². The molecule has 0 spiro atoms. The zero-order chi connectivity index (χ0) is 10.8. The third kappa shape index (κ3) is 1.59. The van der Waals surface area contributed by atoms with Gasteiger partial charge in [-0.3, -0.25) is 4.57 Å². The summed E-state index contributed by atoms with van der Waals surface area (Å²) in [5.41, 5.74) is 3.86. The zero-order valence-corrected chi connectivity index (χ0v) is 8.58. The van der Waals surface area contributed by atoms with Crippen molar-refractivity contribution in [2.75, 3.05) is 0 Å². The zero-order valence-electron chi connectivity index (χ0n) is 8.58. The lowest BCUT2D eigenvalue weighted by molar-refractivity contribution is 0.0367. The third-order valence-electron chi connectivity index (χ3n) is 2.44. The number of aliphatic imine (C=N–C) groups is 1. The van der Waals surface area contributed by atoms with Gasteiger partial charge in [0.2, 0.25) is 12.2 Å². The van der Waals surface area contributed by atoms with Crippen molar-refractivity contribution in [2.24, 2.45) is 4.99 Å². The Morgan fingerprint density at radius 2 is 1.81 bits per heavy atom. The quantitative estimate of drug-likeness (QED) is 0.786. The minimum atomic E-state index is -0.265. The second kappa shape index (κ2) is 3.83. The lowest BCUT2D eigenvalue weighted by atomic mass is 10.2. The monoisotopic (exact) mass is 213 g/mol. The Hall–Kier alpha value is -2.07. The Morgan fingerprint density at radius 1 is 1.06 bits per heavy atom. The highest BCUT2D eigenvalue weighted by Gasteiger charge is 2.19. The first-order valence-corrected chi connectivity index (χ1v) is 5.11. The van der Waals surface area contributed by atoms with E-state index in [0.29, 0.717) is 5.96 Å². The summed E-state index contributed by atoms with van der Waals surface area (Å²) in [5, 5.41) is 0. The molecule has 0 aliphatic carbocycles. The van der Waals surface area contributed by atoms with Crippen LogP contribution in [-0.2, 0) is 4.84 Å². The number of rotatable bonds is 1. The molecule has 0 saturated carbocycles. The fraction of sp³-hybridized carbons (Fsp3) is 0.0833. The van der Waals surface area contributed by atoms with Gasteiger partial charge in [-0.1, -0.05) is 30.3 Å². The molecule has 2 heterocycles. The van der Waals surface area contributed by atoms with Gasteiger partial charge in [-0.15, -0.1) is 0 Å². The summed E-state index contributed by atoms with van der Waals surface area (Å²) in [5.74, 6) is 0.707. The van der Waals surface area contributed by atoms with E-state index in [1.54, 1.807) is 0 Å². The maximum Gasteiger partial charge on any atom is 0.229 e. The van der Waals surface area contributed by atoms with Crippen molar-refractivity contribution in [3.05, 3.63) is 60.4 Å². The molecule has 4 nitrogen and oxygen atoms in total. The largest absolute Gasteiger partial charge is 0.293 e. The van der Waals surface area contributed by atoms with E-state index in [0.717, 1.165) is 5.56 Å². The van der Waals surface area contributed by atoms with Gasteiger partial charge in [0, 0.05) is 18.0 Å². The fourth-order valence-electron chi connectivity index (χ4n) is 1.63. The number of nitrogens with one attached hydrogen (secondary N) is 1. The van der Waals surface area contributed by atoms with E-state index >= 15 is 0 Å². The summed E-state index contributed by atoms with van der Waals surface area (Å²) >= 11 is 0. The smallest absolute Gasteiger partial charge is 0.229 e. The summed E-state index contributed by atoms with van der Waals surface area (Å²) in [4.78, 5) is 9.85. The van der Waals surface area contributed by atoms with Crippen LogP contribution in [0.2, 0.25) is 0 Å². The van der Waals surface area contributed by atoms with Gasteiger partial charge >= 0.3 is 0 Å². The number of nitrogens with zero attached hydrogens (tertiary/aromatic N) is 2. The Kier molecular flexibility index (Phi) is 2.19. The fourth-order valence-corrected chi connectivity index (χ4v) is 1.63. The molecule has 0 radical (unpaired) electrons. The summed E-state index contributed by atoms with van der Waals surface area (Å²) in [6.45, 7) is 0. The third-order valence-corrected chi connectivity index (χ3v) is 2.44. The number of hydrogen-bond acceptors (Lipinski definition) is 3. The predicted octanol–water partition coefficient (Wildman–Crippen LogP) is 1.93. The molecule has 16 heavy (non-hydrogen) atoms. The molecule has 4 heteroatoms. The first kappa shape index (κ1) is 9.18. The summed E-state index contributed by atoms with van der Waals surface area (Å²) in [7, 11) is 0. The average molecular weight is 213 g/mol. The molecule has 0 bridgehead atoms. The molecule has 1 atom stereocenters. The molecule has 1 unspecified atom stereocenters. The first-order valence-electron chi connectivity index (χ1n) is 5.11. The maximum atomic E-state index is 5.40. The van der Waals surface area contributed by atoms with E-state index in [4.69, 9.17) is 4.84 Å². The van der Waals surface area contributed by atoms with Crippen molar-refractivity contribution in [1.82, 2.24) is 10.0 Å². The van der Waals surface area contributed by atoms with Gasteiger partial charge in [0.1, 0.15) is 0 Å². The number of hydroxylamine groups is 1. The lowest BCUT2D eigenvalue weighted by Gasteiger charge is -2.04. The minimum absolute atomic E-state index is 0.265. The SMILES string of the molecule is c1ccc(C2N=C(n3cccc3)NO2)cc1. The van der Waals surface area contributed by atoms with E-state index in [-0.39, 0.29) is 6.23 Å². The molecule has 2 aromatic rings. The summed E-state index contributed by atoms with van der Waals surface area (Å²) < 4.78 is 1.88. The molecule has 80 valence electrons. The highest BCUT2D eigenvalue weighted by atomic mass is 16.7. The molecule has 1 N–H and O–H groups in total. The van der Waals surface area contributed by atoms with E-state index < -0.39 is 0 Å². The van der Waals surface area contributed by atoms with E-state index in [1.807, 2.05) is 59.4 Å². The van der Waals surface area contributed by atoms with Crippen molar-refractivity contribution < 1.29 is 4.84 Å². The Morgan fingerprint density at radius 3 is 2.56 bits per heavy atom. The van der Waals surface area contributed by atoms with Crippen molar-refractivity contribution in [2.45, 2.75) is 6.23 Å². The van der Waals surface area contributed by atoms with Crippen molar-refractivity contribution in [3.8, 4) is 0 Å². The molecule has 1 aromatic carbocycles. The Bertz CT molecular complexity index is 490. The highest BCUT2D eigenvalue weighted by molar-refractivity contribution is 5.82. The Balaban J connectivity index is 1.87. The van der Waals surface area contributed by atoms with Crippen LogP contribution in [0.3, 0.4) is 0 Å². The minimum Gasteiger partial charge on any atom is -0.293 e. The number of benzene rings is 1. The Labute approximate surface area is 93.1 Å². The van der Waals surface area contributed by atoms with Crippen molar-refractivity contribution >= 4 is 5.96 Å². The lowest BCUT2D eigenvalue weighted by Crippen LogP contribution is -2.23. The van der Waals surface area contributed by atoms with Crippen LogP contribution in [0.5, 0.6) is 0 Å². The van der Waals surface area contributed by atoms with Crippen molar-refractivity contribution in [3.63, 3.8) is 0 Å². The van der Waals surface area contributed by atoms with Gasteiger partial charge in [-0.25, -0.2) is 15.3 Å². The second-order valence-corrected chi connectivity index (χ2v) is 3.53. The molecule has 0 saturated heterocycles. The summed E-state index contributed by atoms with van der Waals surface area (Å²) in [6, 6.07) is 13.8. The van der Waals surface area contributed by atoms with Crippen molar-refractivity contribution in [1.29, 1.82) is 0 Å². The number of aromatic nitrogens is 1. The van der Waals surface area contributed by atoms with Crippen LogP contribution in [0, 0.1) is 0 Å². The molecular formula is C12H11N3O. The van der Waals surface area contributed by atoms with Crippen LogP contribution in [0.4, 0.5) is 0 Å². The van der Waals surface area contributed by atoms with Crippen LogP contribution in [0.1, 0.15) is 11.8 Å². The van der Waals surface area contributed by atoms with Gasteiger partial charge in [0.05, 0.1) is 0 Å². The molecule has 1 aliphatic rings. The van der Waals surface area contributed by atoms with Crippen LogP contribution < -0.4 is 5.48 Å². The molecular weight excluding hydrogens is 202 g/mol. The molecule has 1 aromatic heterocycles.